The Balaban J connectivity index is 1.61. The molecule has 0 aromatic heterocycles. The van der Waals surface area contributed by atoms with Crippen LogP contribution in [0.25, 0.3) is 0 Å². The molecule has 22 heavy (non-hydrogen) atoms. The van der Waals surface area contributed by atoms with E-state index in [1.54, 1.807) is 0 Å². The fraction of sp³-hybridized carbons (Fsp3) is 0.263. The van der Waals surface area contributed by atoms with Crippen molar-refractivity contribution < 1.29 is 9.79 Å². The number of hydrogen-bond donors (Lipinski definition) is 1. The first-order chi connectivity index (χ1) is 10.8. The molecule has 0 aliphatic carbocycles. The highest BCUT2D eigenvalue weighted by atomic mass is 16.2. The molecule has 2 aromatic carbocycles. The minimum Gasteiger partial charge on any atom is -0.334 e. The van der Waals surface area contributed by atoms with Crippen molar-refractivity contribution in [3.8, 4) is 0 Å². The Kier molecular flexibility index (Phi) is 3.26. The fourth-order valence-electron chi connectivity index (χ4n) is 3.62. The van der Waals surface area contributed by atoms with Gasteiger partial charge in [-0.15, -0.1) is 0 Å². The third-order valence-electron chi connectivity index (χ3n) is 4.72. The summed E-state index contributed by atoms with van der Waals surface area (Å²) in [6, 6.07) is 18.9. The van der Waals surface area contributed by atoms with Crippen molar-refractivity contribution in [2.45, 2.75) is 31.3 Å². The number of fused-ring (bicyclic) bond motifs is 1. The minimum absolute atomic E-state index is 0.254. The zero-order valence-corrected chi connectivity index (χ0v) is 12.4. The molecule has 1 saturated heterocycles. The fourth-order valence-corrected chi connectivity index (χ4v) is 3.62. The Bertz CT molecular complexity index is 723. The van der Waals surface area contributed by atoms with Crippen LogP contribution >= 0.6 is 0 Å². The van der Waals surface area contributed by atoms with E-state index in [-0.39, 0.29) is 17.9 Å². The van der Waals surface area contributed by atoms with Gasteiger partial charge in [0.25, 0.3) is 0 Å². The molecule has 0 bridgehead atoms. The Morgan fingerprint density at radius 1 is 1.05 bits per heavy atom. The summed E-state index contributed by atoms with van der Waals surface area (Å²) < 4.78 is 0. The van der Waals surface area contributed by atoms with Crippen molar-refractivity contribution in [2.75, 3.05) is 0 Å². The lowest BCUT2D eigenvalue weighted by Gasteiger charge is -2.27. The zero-order chi connectivity index (χ0) is 14.9. The van der Waals surface area contributed by atoms with E-state index in [1.165, 1.54) is 16.8 Å². The monoisotopic (exact) mass is 291 g/mol. The van der Waals surface area contributed by atoms with E-state index in [9.17, 15) is 4.79 Å². The molecule has 2 aromatic rings. The average molecular weight is 291 g/mol. The summed E-state index contributed by atoms with van der Waals surface area (Å²) in [7, 11) is 0. The van der Waals surface area contributed by atoms with Gasteiger partial charge in [0.1, 0.15) is 0 Å². The molecule has 3 heteroatoms. The maximum atomic E-state index is 12.3. The van der Waals surface area contributed by atoms with Crippen LogP contribution in [0.2, 0.25) is 0 Å². The number of likely N-dealkylation sites (tertiary alicyclic amines) is 1. The Morgan fingerprint density at radius 3 is 2.68 bits per heavy atom. The highest BCUT2D eigenvalue weighted by molar-refractivity contribution is 5.81. The quantitative estimate of drug-likeness (QED) is 0.918. The van der Waals surface area contributed by atoms with E-state index in [0.29, 0.717) is 13.0 Å². The van der Waals surface area contributed by atoms with Gasteiger partial charge in [-0.05, 0) is 12.0 Å². The summed E-state index contributed by atoms with van der Waals surface area (Å²) in [5.41, 5.74) is 3.67. The molecule has 2 atom stereocenters. The molecule has 110 valence electrons. The molecule has 1 amide bonds. The van der Waals surface area contributed by atoms with Gasteiger partial charge in [0, 0.05) is 30.6 Å². The summed E-state index contributed by atoms with van der Waals surface area (Å²) in [5, 5.41) is 0. The van der Waals surface area contributed by atoms with Gasteiger partial charge in [0.2, 0.25) is 11.6 Å². The maximum Gasteiger partial charge on any atom is 0.223 e. The van der Waals surface area contributed by atoms with Gasteiger partial charge < -0.3 is 4.90 Å². The normalized spacial score (nSPS) is 23.1. The number of para-hydroxylation sites is 1. The first-order valence-electron chi connectivity index (χ1n) is 7.85. The van der Waals surface area contributed by atoms with E-state index < -0.39 is 0 Å². The summed E-state index contributed by atoms with van der Waals surface area (Å²) >= 11 is 0. The van der Waals surface area contributed by atoms with Gasteiger partial charge in [0.15, 0.2) is 6.21 Å². The Labute approximate surface area is 130 Å². The molecule has 1 fully saturated rings. The number of amides is 1. The van der Waals surface area contributed by atoms with Crippen molar-refractivity contribution >= 4 is 17.8 Å². The van der Waals surface area contributed by atoms with E-state index in [0.717, 1.165) is 6.42 Å². The summed E-state index contributed by atoms with van der Waals surface area (Å²) in [5.74, 6) is 0.554. The van der Waals surface area contributed by atoms with Gasteiger partial charge in [-0.1, -0.05) is 48.5 Å². The van der Waals surface area contributed by atoms with Crippen LogP contribution in [0.4, 0.5) is 5.69 Å². The van der Waals surface area contributed by atoms with Crippen LogP contribution in [-0.2, 0) is 11.3 Å². The predicted molar refractivity (Wildman–Crippen MR) is 85.9 cm³/mol. The Hall–Kier alpha value is -2.42. The highest BCUT2D eigenvalue weighted by Gasteiger charge is 2.41. The lowest BCUT2D eigenvalue weighted by Crippen LogP contribution is -2.59. The second kappa shape index (κ2) is 5.41. The average Bonchev–Trinajstić information content (AvgIpc) is 3.13. The smallest absolute Gasteiger partial charge is 0.223 e. The first kappa shape index (κ1) is 13.3. The first-order valence-corrected chi connectivity index (χ1v) is 7.85. The van der Waals surface area contributed by atoms with Crippen molar-refractivity contribution in [3.63, 3.8) is 0 Å². The van der Waals surface area contributed by atoms with Crippen molar-refractivity contribution in [3.05, 3.63) is 65.7 Å². The predicted octanol–water partition coefficient (Wildman–Crippen LogP) is 1.76. The van der Waals surface area contributed by atoms with Crippen LogP contribution in [0.5, 0.6) is 0 Å². The van der Waals surface area contributed by atoms with Gasteiger partial charge in [-0.25, -0.2) is 4.99 Å². The molecule has 2 aliphatic heterocycles. The van der Waals surface area contributed by atoms with Crippen LogP contribution in [0, 0.1) is 0 Å². The second-order valence-corrected chi connectivity index (χ2v) is 6.04. The minimum atomic E-state index is 0.254. The van der Waals surface area contributed by atoms with Gasteiger partial charge in [0.05, 0.1) is 5.92 Å². The SMILES string of the molecule is O=C1CCC(C2C=[NH+]c3ccccc32)N1Cc1ccccc1. The van der Waals surface area contributed by atoms with E-state index >= 15 is 0 Å². The number of carbonyl (C=O) groups is 1. The molecular formula is C19H19N2O+. The largest absolute Gasteiger partial charge is 0.334 e. The molecule has 3 nitrogen and oxygen atoms in total. The molecule has 1 N–H and O–H groups in total. The number of rotatable bonds is 3. The molecule has 0 spiro atoms. The lowest BCUT2D eigenvalue weighted by atomic mass is 9.91. The molecule has 2 aliphatic rings. The van der Waals surface area contributed by atoms with Crippen LogP contribution in [-0.4, -0.2) is 23.1 Å². The highest BCUT2D eigenvalue weighted by Crippen LogP contribution is 2.34. The van der Waals surface area contributed by atoms with Crippen LogP contribution in [0.15, 0.2) is 54.6 Å². The van der Waals surface area contributed by atoms with Crippen molar-refractivity contribution in [2.24, 2.45) is 0 Å². The zero-order valence-electron chi connectivity index (χ0n) is 12.4. The summed E-state index contributed by atoms with van der Waals surface area (Å²) in [6.45, 7) is 0.705. The molecule has 0 radical (unpaired) electrons. The molecule has 2 unspecified atom stereocenters. The molecule has 0 saturated carbocycles. The maximum absolute atomic E-state index is 12.3. The van der Waals surface area contributed by atoms with Gasteiger partial charge >= 0.3 is 0 Å². The van der Waals surface area contributed by atoms with E-state index in [2.05, 4.69) is 46.4 Å². The van der Waals surface area contributed by atoms with Gasteiger partial charge in [-0.2, -0.15) is 0 Å². The van der Waals surface area contributed by atoms with E-state index in [4.69, 9.17) is 0 Å². The van der Waals surface area contributed by atoms with Crippen LogP contribution < -0.4 is 4.99 Å². The Morgan fingerprint density at radius 2 is 1.82 bits per heavy atom. The number of carbonyl (C=O) groups excluding carboxylic acids is 1. The van der Waals surface area contributed by atoms with Crippen molar-refractivity contribution in [1.29, 1.82) is 0 Å². The molecule has 2 heterocycles. The molecule has 4 rings (SSSR count). The molecular weight excluding hydrogens is 272 g/mol. The number of nitrogens with zero attached hydrogens (tertiary/aromatic N) is 1. The van der Waals surface area contributed by atoms with Gasteiger partial charge in [-0.3, -0.25) is 4.79 Å². The number of hydrogen-bond acceptors (Lipinski definition) is 1. The third kappa shape index (κ3) is 2.23. The van der Waals surface area contributed by atoms with Crippen LogP contribution in [0.3, 0.4) is 0 Å². The second-order valence-electron chi connectivity index (χ2n) is 6.04. The van der Waals surface area contributed by atoms with E-state index in [1.807, 2.05) is 24.3 Å². The summed E-state index contributed by atoms with van der Waals surface area (Å²) in [4.78, 5) is 17.8. The topological polar surface area (TPSA) is 34.3 Å². The van der Waals surface area contributed by atoms with Crippen molar-refractivity contribution in [1.82, 2.24) is 4.90 Å². The standard InChI is InChI=1S/C19H18N2O/c22-19-11-10-18(21(19)13-14-6-2-1-3-7-14)16-12-20-17-9-5-4-8-15(16)17/h1-9,12,16,18H,10-11,13H2/p+1. The third-order valence-corrected chi connectivity index (χ3v) is 4.72. The summed E-state index contributed by atoms with van der Waals surface area (Å²) in [6.07, 6.45) is 3.73. The lowest BCUT2D eigenvalue weighted by molar-refractivity contribution is -0.344. The van der Waals surface area contributed by atoms with Crippen LogP contribution in [0.1, 0.15) is 29.9 Å². The number of nitrogens with one attached hydrogen (secondary N) is 1. The number of benzene rings is 2.